The van der Waals surface area contributed by atoms with E-state index in [2.05, 4.69) is 15.9 Å². The summed E-state index contributed by atoms with van der Waals surface area (Å²) in [5, 5.41) is 0. The van der Waals surface area contributed by atoms with Gasteiger partial charge in [-0.05, 0) is 53.2 Å². The zero-order valence-corrected chi connectivity index (χ0v) is 13.2. The second kappa shape index (κ2) is 5.64. The maximum atomic E-state index is 13.9. The van der Waals surface area contributed by atoms with E-state index in [1.54, 1.807) is 16.7 Å². The molecule has 1 aliphatic carbocycles. The first-order chi connectivity index (χ1) is 10.1. The average molecular weight is 352 g/mol. The molecule has 110 valence electrons. The number of ether oxygens (including phenoxy) is 1. The van der Waals surface area contributed by atoms with Crippen molar-refractivity contribution in [3.05, 3.63) is 56.2 Å². The number of benzene rings is 1. The molecule has 0 bridgehead atoms. The van der Waals surface area contributed by atoms with Crippen LogP contribution in [0.5, 0.6) is 5.75 Å². The highest BCUT2D eigenvalue weighted by atomic mass is 79.9. The van der Waals surface area contributed by atoms with E-state index in [1.165, 1.54) is 13.2 Å². The van der Waals surface area contributed by atoms with E-state index in [4.69, 9.17) is 4.74 Å². The van der Waals surface area contributed by atoms with Gasteiger partial charge in [0.25, 0.3) is 5.56 Å². The number of halogens is 2. The van der Waals surface area contributed by atoms with E-state index < -0.39 is 5.82 Å². The molecular formula is C16H15BrFNO2. The van der Waals surface area contributed by atoms with Crippen molar-refractivity contribution < 1.29 is 9.13 Å². The van der Waals surface area contributed by atoms with Crippen LogP contribution < -0.4 is 10.3 Å². The molecule has 0 aliphatic heterocycles. The summed E-state index contributed by atoms with van der Waals surface area (Å²) in [6.07, 6.45) is 3.94. The molecule has 1 aromatic heterocycles. The molecule has 2 aromatic rings. The predicted octanol–water partition coefficient (Wildman–Crippen LogP) is 3.63. The van der Waals surface area contributed by atoms with Gasteiger partial charge in [-0.1, -0.05) is 6.07 Å². The van der Waals surface area contributed by atoms with Gasteiger partial charge in [0.2, 0.25) is 0 Å². The third-order valence-corrected chi connectivity index (χ3v) is 4.47. The fraction of sp³-hybridized carbons (Fsp3) is 0.312. The first-order valence-electron chi connectivity index (χ1n) is 6.89. The predicted molar refractivity (Wildman–Crippen MR) is 82.9 cm³/mol. The monoisotopic (exact) mass is 351 g/mol. The van der Waals surface area contributed by atoms with E-state index in [0.717, 1.165) is 36.9 Å². The van der Waals surface area contributed by atoms with Gasteiger partial charge < -0.3 is 4.74 Å². The molecule has 0 amide bonds. The van der Waals surface area contributed by atoms with Gasteiger partial charge in [-0.2, -0.15) is 0 Å². The molecule has 0 radical (unpaired) electrons. The summed E-state index contributed by atoms with van der Waals surface area (Å²) in [5.74, 6) is 0.0652. The molecule has 0 N–H and O–H groups in total. The summed E-state index contributed by atoms with van der Waals surface area (Å²) in [7, 11) is 1.52. The van der Waals surface area contributed by atoms with Crippen LogP contribution in [0, 0.1) is 5.82 Å². The fourth-order valence-electron chi connectivity index (χ4n) is 2.85. The van der Waals surface area contributed by atoms with Crippen molar-refractivity contribution in [2.75, 3.05) is 7.11 Å². The Labute approximate surface area is 130 Å². The van der Waals surface area contributed by atoms with Gasteiger partial charge in [0.05, 0.1) is 17.3 Å². The number of hydrogen-bond acceptors (Lipinski definition) is 2. The van der Waals surface area contributed by atoms with Crippen LogP contribution in [0.15, 0.2) is 33.5 Å². The lowest BCUT2D eigenvalue weighted by Gasteiger charge is -2.22. The normalized spacial score (nSPS) is 13.9. The molecule has 0 atom stereocenters. The van der Waals surface area contributed by atoms with Crippen molar-refractivity contribution in [3.63, 3.8) is 0 Å². The number of nitrogens with zero attached hydrogens (tertiary/aromatic N) is 1. The minimum atomic E-state index is -0.411. The van der Waals surface area contributed by atoms with Crippen LogP contribution >= 0.6 is 15.9 Å². The topological polar surface area (TPSA) is 31.2 Å². The Morgan fingerprint density at radius 1 is 1.24 bits per heavy atom. The van der Waals surface area contributed by atoms with E-state index >= 15 is 0 Å². The second-order valence-electron chi connectivity index (χ2n) is 5.12. The Hall–Kier alpha value is -1.62. The number of hydrogen-bond donors (Lipinski definition) is 0. The van der Waals surface area contributed by atoms with Gasteiger partial charge in [0, 0.05) is 17.8 Å². The van der Waals surface area contributed by atoms with Crippen molar-refractivity contribution in [2.24, 2.45) is 0 Å². The lowest BCUT2D eigenvalue weighted by molar-refractivity contribution is 0.410. The SMILES string of the molecule is COc1cc(Br)c(F)cc1-n1c2c(ccc1=O)CCCC2. The number of fused-ring (bicyclic) bond motifs is 1. The number of aromatic nitrogens is 1. The Kier molecular flexibility index (Phi) is 3.85. The Bertz CT molecular complexity index is 755. The summed E-state index contributed by atoms with van der Waals surface area (Å²) in [6.45, 7) is 0. The van der Waals surface area contributed by atoms with Crippen LogP contribution in [0.2, 0.25) is 0 Å². The molecule has 1 aliphatic rings. The third kappa shape index (κ3) is 2.50. The van der Waals surface area contributed by atoms with Gasteiger partial charge in [0.1, 0.15) is 11.6 Å². The van der Waals surface area contributed by atoms with E-state index in [-0.39, 0.29) is 5.56 Å². The first kappa shape index (κ1) is 14.3. The fourth-order valence-corrected chi connectivity index (χ4v) is 3.17. The summed E-state index contributed by atoms with van der Waals surface area (Å²) in [5.41, 5.74) is 2.43. The molecule has 5 heteroatoms. The molecule has 0 spiro atoms. The van der Waals surface area contributed by atoms with Crippen LogP contribution in [0.1, 0.15) is 24.1 Å². The minimum absolute atomic E-state index is 0.157. The van der Waals surface area contributed by atoms with E-state index in [1.807, 2.05) is 6.07 Å². The molecule has 1 heterocycles. The van der Waals surface area contributed by atoms with Gasteiger partial charge in [-0.25, -0.2) is 4.39 Å². The molecular weight excluding hydrogens is 337 g/mol. The van der Waals surface area contributed by atoms with Crippen LogP contribution in [-0.4, -0.2) is 11.7 Å². The number of pyridine rings is 1. The molecule has 1 aromatic carbocycles. The quantitative estimate of drug-likeness (QED) is 0.827. The van der Waals surface area contributed by atoms with Crippen molar-refractivity contribution in [1.29, 1.82) is 0 Å². The molecule has 3 rings (SSSR count). The molecule has 21 heavy (non-hydrogen) atoms. The molecule has 0 saturated heterocycles. The van der Waals surface area contributed by atoms with Gasteiger partial charge in [-0.15, -0.1) is 0 Å². The summed E-state index contributed by atoms with van der Waals surface area (Å²) in [6, 6.07) is 6.33. The highest BCUT2D eigenvalue weighted by molar-refractivity contribution is 9.10. The second-order valence-corrected chi connectivity index (χ2v) is 5.98. The van der Waals surface area contributed by atoms with Crippen LogP contribution in [0.25, 0.3) is 5.69 Å². The lowest BCUT2D eigenvalue weighted by Crippen LogP contribution is -2.25. The zero-order chi connectivity index (χ0) is 15.0. The molecule has 0 unspecified atom stereocenters. The van der Waals surface area contributed by atoms with E-state index in [9.17, 15) is 9.18 Å². The first-order valence-corrected chi connectivity index (χ1v) is 7.68. The maximum absolute atomic E-state index is 13.9. The van der Waals surface area contributed by atoms with Gasteiger partial charge in [-0.3, -0.25) is 9.36 Å². The number of rotatable bonds is 2. The smallest absolute Gasteiger partial charge is 0.255 e. The van der Waals surface area contributed by atoms with Gasteiger partial charge >= 0.3 is 0 Å². The summed E-state index contributed by atoms with van der Waals surface area (Å²) >= 11 is 3.14. The molecule has 0 fully saturated rings. The summed E-state index contributed by atoms with van der Waals surface area (Å²) in [4.78, 5) is 12.3. The average Bonchev–Trinajstić information content (AvgIpc) is 2.50. The largest absolute Gasteiger partial charge is 0.495 e. The lowest BCUT2D eigenvalue weighted by atomic mass is 9.95. The summed E-state index contributed by atoms with van der Waals surface area (Å²) < 4.78 is 21.2. The number of methoxy groups -OCH3 is 1. The van der Waals surface area contributed by atoms with Crippen LogP contribution in [-0.2, 0) is 12.8 Å². The van der Waals surface area contributed by atoms with Crippen molar-refractivity contribution in [3.8, 4) is 11.4 Å². The highest BCUT2D eigenvalue weighted by Gasteiger charge is 2.19. The number of aryl methyl sites for hydroxylation is 1. The van der Waals surface area contributed by atoms with Crippen molar-refractivity contribution in [2.45, 2.75) is 25.7 Å². The van der Waals surface area contributed by atoms with Gasteiger partial charge in [0.15, 0.2) is 0 Å². The standard InChI is InChI=1S/C16H15BrFNO2/c1-21-15-8-11(17)12(18)9-14(15)19-13-5-3-2-4-10(13)6-7-16(19)20/h6-9H,2-5H2,1H3. The Morgan fingerprint density at radius 3 is 2.76 bits per heavy atom. The van der Waals surface area contributed by atoms with Crippen molar-refractivity contribution >= 4 is 15.9 Å². The van der Waals surface area contributed by atoms with Crippen LogP contribution in [0.4, 0.5) is 4.39 Å². The minimum Gasteiger partial charge on any atom is -0.495 e. The maximum Gasteiger partial charge on any atom is 0.255 e. The Balaban J connectivity index is 2.30. The third-order valence-electron chi connectivity index (χ3n) is 3.86. The zero-order valence-electron chi connectivity index (χ0n) is 11.7. The Morgan fingerprint density at radius 2 is 2.00 bits per heavy atom. The highest BCUT2D eigenvalue weighted by Crippen LogP contribution is 2.31. The van der Waals surface area contributed by atoms with Crippen molar-refractivity contribution in [1.82, 2.24) is 4.57 Å². The van der Waals surface area contributed by atoms with E-state index in [0.29, 0.717) is 15.9 Å². The van der Waals surface area contributed by atoms with Crippen LogP contribution in [0.3, 0.4) is 0 Å². The molecule has 0 saturated carbocycles. The molecule has 3 nitrogen and oxygen atoms in total.